The molecule has 0 bridgehead atoms. The first-order valence-electron chi connectivity index (χ1n) is 11.6. The predicted molar refractivity (Wildman–Crippen MR) is 129 cm³/mol. The number of alkyl halides is 1. The molecule has 220 valence electrons. The van der Waals surface area contributed by atoms with Crippen LogP contribution in [0.5, 0.6) is 0 Å². The lowest BCUT2D eigenvalue weighted by molar-refractivity contribution is -0.226. The topological polar surface area (TPSA) is 190 Å². The van der Waals surface area contributed by atoms with Gasteiger partial charge in [-0.05, 0) is 0 Å². The van der Waals surface area contributed by atoms with Crippen molar-refractivity contribution >= 4 is 53.3 Å². The van der Waals surface area contributed by atoms with Gasteiger partial charge in [-0.3, -0.25) is 28.8 Å². The van der Waals surface area contributed by atoms with Crippen LogP contribution in [0.15, 0.2) is 0 Å². The van der Waals surface area contributed by atoms with E-state index in [0.717, 1.165) is 39.5 Å². The van der Waals surface area contributed by atoms with E-state index in [-0.39, 0.29) is 0 Å². The fourth-order valence-corrected chi connectivity index (χ4v) is 3.90. The van der Waals surface area contributed by atoms with Gasteiger partial charge in [0.05, 0.1) is 6.04 Å². The van der Waals surface area contributed by atoms with Crippen molar-refractivity contribution in [3.63, 3.8) is 0 Å². The summed E-state index contributed by atoms with van der Waals surface area (Å²) in [7, 11) is 2.85. The number of halogens is 1. The van der Waals surface area contributed by atoms with Gasteiger partial charge in [-0.25, -0.2) is 4.79 Å². The molecule has 0 aromatic rings. The molecular weight excluding hydrogens is 548 g/mol. The maximum atomic E-state index is 13.0. The molecule has 0 radical (unpaired) electrons. The third-order valence-corrected chi connectivity index (χ3v) is 5.52. The lowest BCUT2D eigenvalue weighted by atomic mass is 9.89. The highest BCUT2D eigenvalue weighted by Gasteiger charge is 2.57. The zero-order valence-corrected chi connectivity index (χ0v) is 23.4. The molecule has 1 saturated heterocycles. The largest absolute Gasteiger partial charge is 0.462 e. The Labute approximate surface area is 229 Å². The molecule has 1 N–H and O–H groups in total. The Hall–Kier alpha value is -3.46. The number of nitrogens with zero attached hydrogens (tertiary/aromatic N) is 1. The van der Waals surface area contributed by atoms with Crippen molar-refractivity contribution in [3.05, 3.63) is 0 Å². The van der Waals surface area contributed by atoms with Gasteiger partial charge in [-0.15, -0.1) is 0 Å². The van der Waals surface area contributed by atoms with Crippen LogP contribution in [0.2, 0.25) is 0 Å². The number of hydrogen-bond acceptors (Lipinski definition) is 13. The average Bonchev–Trinajstić information content (AvgIpc) is 2.78. The van der Waals surface area contributed by atoms with Crippen molar-refractivity contribution in [1.82, 2.24) is 10.2 Å². The maximum absolute atomic E-state index is 13.0. The summed E-state index contributed by atoms with van der Waals surface area (Å²) >= 11 is 6.52. The molecular formula is C23H33ClN2O13. The number of esters is 5. The van der Waals surface area contributed by atoms with Gasteiger partial charge >= 0.3 is 29.8 Å². The third-order valence-electron chi connectivity index (χ3n) is 5.12. The molecule has 0 saturated carbocycles. The monoisotopic (exact) mass is 580 g/mol. The van der Waals surface area contributed by atoms with Crippen LogP contribution in [0.1, 0.15) is 41.0 Å². The second-order valence-corrected chi connectivity index (χ2v) is 9.39. The Bertz CT molecular complexity index is 972. The van der Waals surface area contributed by atoms with Gasteiger partial charge in [0.15, 0.2) is 18.8 Å². The minimum atomic E-state index is -2.44. The maximum Gasteiger partial charge on any atom is 0.354 e. The number of nitrogens with one attached hydrogen (secondary N) is 1. The molecule has 1 aliphatic rings. The highest BCUT2D eigenvalue weighted by Crippen LogP contribution is 2.38. The van der Waals surface area contributed by atoms with Crippen LogP contribution in [-0.4, -0.2) is 109 Å². The summed E-state index contributed by atoms with van der Waals surface area (Å²) in [5, 5.41) is 0.0662. The summed E-state index contributed by atoms with van der Waals surface area (Å²) in [6, 6.07) is -1.32. The zero-order chi connectivity index (χ0) is 30.1. The van der Waals surface area contributed by atoms with Crippen LogP contribution in [0.4, 0.5) is 0 Å². The Kier molecular flexibility index (Phi) is 12.6. The van der Waals surface area contributed by atoms with Crippen LogP contribution in [0, 0.1) is 0 Å². The van der Waals surface area contributed by atoms with E-state index in [4.69, 9.17) is 40.0 Å². The molecule has 0 unspecified atom stereocenters. The fourth-order valence-electron chi connectivity index (χ4n) is 3.59. The van der Waals surface area contributed by atoms with Gasteiger partial charge in [-0.1, -0.05) is 11.6 Å². The standard InChI is InChI=1S/C23H33ClN2O13/c1-11(27)25-19-16(36-13(3)29)8-23(24,22(33)35-10-18(32)26(6)7)39-21(19)20(38-15(5)31)17(37-14(4)30)9-34-12(2)28/h16-17,19-21H,8-10H2,1-7H3,(H,25,27)/t16-,17+,19+,20+,21+,23-/m0/s1. The fraction of sp³-hybridized carbons (Fsp3) is 0.696. The van der Waals surface area contributed by atoms with Crippen LogP contribution in [-0.2, 0) is 62.0 Å². The molecule has 15 nitrogen and oxygen atoms in total. The molecule has 2 amide bonds. The van der Waals surface area contributed by atoms with Crippen LogP contribution >= 0.6 is 11.6 Å². The van der Waals surface area contributed by atoms with Crippen molar-refractivity contribution < 1.29 is 62.0 Å². The summed E-state index contributed by atoms with van der Waals surface area (Å²) in [4.78, 5) is 85.6. The molecule has 16 heteroatoms. The van der Waals surface area contributed by atoms with Crippen LogP contribution < -0.4 is 5.32 Å². The third kappa shape index (κ3) is 10.7. The van der Waals surface area contributed by atoms with E-state index in [9.17, 15) is 33.6 Å². The smallest absolute Gasteiger partial charge is 0.354 e. The highest BCUT2D eigenvalue weighted by molar-refractivity contribution is 6.33. The first-order chi connectivity index (χ1) is 18.0. The lowest BCUT2D eigenvalue weighted by Crippen LogP contribution is -2.67. The quantitative estimate of drug-likeness (QED) is 0.182. The Morgan fingerprint density at radius 2 is 1.51 bits per heavy atom. The molecule has 1 rings (SSSR count). The van der Waals surface area contributed by atoms with E-state index in [2.05, 4.69) is 5.32 Å². The molecule has 6 atom stereocenters. The molecule has 1 fully saturated rings. The van der Waals surface area contributed by atoms with Crippen LogP contribution in [0.25, 0.3) is 0 Å². The Balaban J connectivity index is 3.64. The highest BCUT2D eigenvalue weighted by atomic mass is 35.5. The molecule has 0 aliphatic carbocycles. The second kappa shape index (κ2) is 14.6. The molecule has 0 spiro atoms. The predicted octanol–water partition coefficient (Wildman–Crippen LogP) is -0.795. The van der Waals surface area contributed by atoms with E-state index >= 15 is 0 Å². The number of carbonyl (C=O) groups excluding carboxylic acids is 7. The van der Waals surface area contributed by atoms with Crippen molar-refractivity contribution in [1.29, 1.82) is 0 Å². The zero-order valence-electron chi connectivity index (χ0n) is 22.6. The normalized spacial score (nSPS) is 23.7. The molecule has 39 heavy (non-hydrogen) atoms. The van der Waals surface area contributed by atoms with E-state index in [0.29, 0.717) is 0 Å². The van der Waals surface area contributed by atoms with Gasteiger partial charge < -0.3 is 38.6 Å². The van der Waals surface area contributed by atoms with Crippen molar-refractivity contribution in [3.8, 4) is 0 Å². The lowest BCUT2D eigenvalue weighted by Gasteiger charge is -2.46. The summed E-state index contributed by atoms with van der Waals surface area (Å²) in [6.45, 7) is 3.98. The SMILES string of the molecule is CC(=O)N[C@H]1[C@H]([C@H](OC(C)=O)[C@@H](COC(C)=O)OC(C)=O)O[C@](Cl)(C(=O)OCC(=O)N(C)C)C[C@@H]1OC(C)=O. The summed E-state index contributed by atoms with van der Waals surface area (Å²) < 4.78 is 31.7. The number of rotatable bonds is 11. The summed E-state index contributed by atoms with van der Waals surface area (Å²) in [6.07, 6.45) is -6.79. The van der Waals surface area contributed by atoms with Crippen molar-refractivity contribution in [2.45, 2.75) is 76.6 Å². The molecule has 0 aromatic carbocycles. The van der Waals surface area contributed by atoms with Gasteiger partial charge in [0.2, 0.25) is 11.0 Å². The van der Waals surface area contributed by atoms with Gasteiger partial charge in [0, 0.05) is 55.1 Å². The minimum Gasteiger partial charge on any atom is -0.462 e. The van der Waals surface area contributed by atoms with Crippen molar-refractivity contribution in [2.24, 2.45) is 0 Å². The number of ether oxygens (including phenoxy) is 6. The number of carbonyl (C=O) groups is 7. The Morgan fingerprint density at radius 3 is 1.97 bits per heavy atom. The van der Waals surface area contributed by atoms with E-state index in [1.165, 1.54) is 14.1 Å². The summed E-state index contributed by atoms with van der Waals surface area (Å²) in [5.41, 5.74) is 0. The van der Waals surface area contributed by atoms with E-state index < -0.39 is 96.8 Å². The number of amides is 2. The Morgan fingerprint density at radius 1 is 0.923 bits per heavy atom. The summed E-state index contributed by atoms with van der Waals surface area (Å²) in [5.74, 6) is -5.86. The molecule has 0 aromatic heterocycles. The van der Waals surface area contributed by atoms with Crippen LogP contribution in [0.3, 0.4) is 0 Å². The van der Waals surface area contributed by atoms with Gasteiger partial charge in [-0.2, -0.15) is 0 Å². The first kappa shape index (κ1) is 33.6. The van der Waals surface area contributed by atoms with Crippen molar-refractivity contribution in [2.75, 3.05) is 27.3 Å². The second-order valence-electron chi connectivity index (χ2n) is 8.78. The average molecular weight is 581 g/mol. The van der Waals surface area contributed by atoms with Gasteiger partial charge in [0.25, 0.3) is 5.91 Å². The first-order valence-corrected chi connectivity index (χ1v) is 12.0. The molecule has 1 heterocycles. The van der Waals surface area contributed by atoms with E-state index in [1.54, 1.807) is 0 Å². The minimum absolute atomic E-state index is 0.570. The van der Waals surface area contributed by atoms with Gasteiger partial charge in [0.1, 0.15) is 18.8 Å². The van der Waals surface area contributed by atoms with E-state index in [1.807, 2.05) is 0 Å². The number of hydrogen-bond donors (Lipinski definition) is 1. The molecule has 1 aliphatic heterocycles. The number of likely N-dealkylation sites (N-methyl/N-ethyl adjacent to an activating group) is 1.